The summed E-state index contributed by atoms with van der Waals surface area (Å²) >= 11 is 0. The van der Waals surface area contributed by atoms with Crippen LogP contribution in [0.4, 0.5) is 0 Å². The molecule has 0 fully saturated rings. The minimum Gasteiger partial charge on any atom is -0.496 e. The van der Waals surface area contributed by atoms with Crippen LogP contribution in [0.2, 0.25) is 0 Å². The zero-order valence-electron chi connectivity index (χ0n) is 10.2. The maximum Gasteiger partial charge on any atom is 0.254 e. The number of carbonyl (C=O) groups excluding carboxylic acids is 1. The monoisotopic (exact) mass is 261 g/mol. The molecule has 0 saturated carbocycles. The van der Waals surface area contributed by atoms with E-state index >= 15 is 0 Å². The Hall–Kier alpha value is -2.75. The van der Waals surface area contributed by atoms with E-state index in [1.165, 1.54) is 13.3 Å². The van der Waals surface area contributed by atoms with E-state index < -0.39 is 5.91 Å². The molecule has 0 atom stereocenters. The van der Waals surface area contributed by atoms with E-state index in [1.807, 2.05) is 0 Å². The lowest BCUT2D eigenvalue weighted by Crippen LogP contribution is -2.16. The summed E-state index contributed by atoms with van der Waals surface area (Å²) in [6, 6.07) is 5.10. The molecule has 1 aromatic rings. The van der Waals surface area contributed by atoms with Crippen LogP contribution in [0, 0.1) is 11.3 Å². The third-order valence-electron chi connectivity index (χ3n) is 2.36. The Bertz CT molecular complexity index is 563. The molecule has 0 spiro atoms. The second kappa shape index (κ2) is 5.73. The van der Waals surface area contributed by atoms with Gasteiger partial charge in [0.05, 0.1) is 19.4 Å². The molecular weight excluding hydrogens is 250 g/mol. The van der Waals surface area contributed by atoms with Crippen LogP contribution in [0.5, 0.6) is 17.2 Å². The summed E-state index contributed by atoms with van der Waals surface area (Å²) in [4.78, 5) is 11.1. The van der Waals surface area contributed by atoms with Crippen LogP contribution >= 0.6 is 0 Å². The van der Waals surface area contributed by atoms with Crippen molar-refractivity contribution in [3.8, 4) is 23.3 Å². The van der Waals surface area contributed by atoms with Crippen LogP contribution in [-0.4, -0.2) is 26.0 Å². The van der Waals surface area contributed by atoms with Crippen molar-refractivity contribution in [2.75, 3.05) is 13.9 Å². The zero-order valence-corrected chi connectivity index (χ0v) is 10.2. The number of amides is 1. The second-order valence-electron chi connectivity index (χ2n) is 3.58. The van der Waals surface area contributed by atoms with Gasteiger partial charge in [0.15, 0.2) is 11.5 Å². The van der Waals surface area contributed by atoms with Crippen molar-refractivity contribution in [2.24, 2.45) is 5.10 Å². The largest absolute Gasteiger partial charge is 0.496 e. The van der Waals surface area contributed by atoms with Crippen molar-refractivity contribution in [2.45, 2.75) is 6.42 Å². The average Bonchev–Trinajstić information content (AvgIpc) is 2.85. The molecule has 0 saturated heterocycles. The van der Waals surface area contributed by atoms with Gasteiger partial charge in [-0.2, -0.15) is 10.4 Å². The van der Waals surface area contributed by atoms with Crippen LogP contribution in [-0.2, 0) is 4.79 Å². The summed E-state index contributed by atoms with van der Waals surface area (Å²) < 4.78 is 15.6. The van der Waals surface area contributed by atoms with Crippen molar-refractivity contribution in [3.63, 3.8) is 0 Å². The number of fused-ring (bicyclic) bond motifs is 1. The standard InChI is InChI=1S/C12H11N3O4/c1-17-9-5-11-10(18-7-19-11)4-8(9)6-14-15-12(16)2-3-13/h4-6H,2,7H2,1H3,(H,15,16)/b14-6+. The molecule has 1 aliphatic rings. The molecule has 7 heteroatoms. The third kappa shape index (κ3) is 2.93. The first-order valence-corrected chi connectivity index (χ1v) is 5.41. The number of hydrogen-bond acceptors (Lipinski definition) is 6. The highest BCUT2D eigenvalue weighted by molar-refractivity contribution is 5.87. The summed E-state index contributed by atoms with van der Waals surface area (Å²) in [6.45, 7) is 0.165. The number of methoxy groups -OCH3 is 1. The number of benzene rings is 1. The first-order valence-electron chi connectivity index (χ1n) is 5.41. The fourth-order valence-corrected chi connectivity index (χ4v) is 1.50. The Morgan fingerprint density at radius 1 is 1.58 bits per heavy atom. The Morgan fingerprint density at radius 3 is 3.00 bits per heavy atom. The molecule has 0 unspecified atom stereocenters. The Balaban J connectivity index is 2.13. The van der Waals surface area contributed by atoms with E-state index in [4.69, 9.17) is 19.5 Å². The average molecular weight is 261 g/mol. The number of ether oxygens (including phenoxy) is 3. The molecule has 1 aromatic carbocycles. The highest BCUT2D eigenvalue weighted by Crippen LogP contribution is 2.37. The van der Waals surface area contributed by atoms with Gasteiger partial charge >= 0.3 is 0 Å². The number of hydrazone groups is 1. The van der Waals surface area contributed by atoms with Crippen molar-refractivity contribution in [1.82, 2.24) is 5.43 Å². The number of rotatable bonds is 4. The van der Waals surface area contributed by atoms with Gasteiger partial charge in [0, 0.05) is 11.6 Å². The highest BCUT2D eigenvalue weighted by Gasteiger charge is 2.16. The predicted octanol–water partition coefficient (Wildman–Crippen LogP) is 0.788. The molecule has 98 valence electrons. The molecule has 1 N–H and O–H groups in total. The van der Waals surface area contributed by atoms with Crippen molar-refractivity contribution >= 4 is 12.1 Å². The van der Waals surface area contributed by atoms with E-state index in [-0.39, 0.29) is 13.2 Å². The van der Waals surface area contributed by atoms with Crippen LogP contribution < -0.4 is 19.6 Å². The second-order valence-corrected chi connectivity index (χ2v) is 3.58. The van der Waals surface area contributed by atoms with Crippen molar-refractivity contribution < 1.29 is 19.0 Å². The molecule has 1 aliphatic heterocycles. The fourth-order valence-electron chi connectivity index (χ4n) is 1.50. The molecule has 0 aliphatic carbocycles. The van der Waals surface area contributed by atoms with Gasteiger partial charge in [0.1, 0.15) is 12.2 Å². The molecule has 1 amide bonds. The van der Waals surface area contributed by atoms with Crippen molar-refractivity contribution in [1.29, 1.82) is 5.26 Å². The van der Waals surface area contributed by atoms with Gasteiger partial charge in [-0.25, -0.2) is 5.43 Å². The van der Waals surface area contributed by atoms with Gasteiger partial charge in [-0.3, -0.25) is 4.79 Å². The lowest BCUT2D eigenvalue weighted by atomic mass is 10.2. The first-order chi connectivity index (χ1) is 9.24. The van der Waals surface area contributed by atoms with E-state index in [1.54, 1.807) is 18.2 Å². The number of carbonyl (C=O) groups is 1. The van der Waals surface area contributed by atoms with E-state index in [9.17, 15) is 4.79 Å². The normalized spacial score (nSPS) is 12.2. The molecular formula is C12H11N3O4. The van der Waals surface area contributed by atoms with E-state index in [0.717, 1.165) is 0 Å². The SMILES string of the molecule is COc1cc2c(cc1/C=N/NC(=O)CC#N)OCO2. The zero-order chi connectivity index (χ0) is 13.7. The topological polar surface area (TPSA) is 92.9 Å². The maximum atomic E-state index is 11.1. The number of hydrogen-bond donors (Lipinski definition) is 1. The summed E-state index contributed by atoms with van der Waals surface area (Å²) in [5.74, 6) is 1.26. The van der Waals surface area contributed by atoms with Crippen LogP contribution in [0.25, 0.3) is 0 Å². The number of nitrogens with one attached hydrogen (secondary N) is 1. The van der Waals surface area contributed by atoms with E-state index in [0.29, 0.717) is 22.8 Å². The number of nitriles is 1. The fraction of sp³-hybridized carbons (Fsp3) is 0.250. The molecule has 7 nitrogen and oxygen atoms in total. The van der Waals surface area contributed by atoms with Gasteiger partial charge < -0.3 is 14.2 Å². The Morgan fingerprint density at radius 2 is 2.32 bits per heavy atom. The minimum absolute atomic E-state index is 0.165. The minimum atomic E-state index is -0.474. The van der Waals surface area contributed by atoms with Gasteiger partial charge in [0.25, 0.3) is 5.91 Å². The molecule has 0 radical (unpaired) electrons. The quantitative estimate of drug-likeness (QED) is 0.638. The van der Waals surface area contributed by atoms with E-state index in [2.05, 4.69) is 10.5 Å². The number of nitrogens with zero attached hydrogens (tertiary/aromatic N) is 2. The third-order valence-corrected chi connectivity index (χ3v) is 2.36. The smallest absolute Gasteiger partial charge is 0.254 e. The van der Waals surface area contributed by atoms with Crippen LogP contribution in [0.15, 0.2) is 17.2 Å². The maximum absolute atomic E-state index is 11.1. The van der Waals surface area contributed by atoms with Gasteiger partial charge in [0.2, 0.25) is 6.79 Å². The summed E-state index contributed by atoms with van der Waals surface area (Å²) in [5, 5.41) is 12.1. The molecule has 2 rings (SSSR count). The Labute approximate surface area is 109 Å². The molecule has 19 heavy (non-hydrogen) atoms. The lowest BCUT2D eigenvalue weighted by Gasteiger charge is -2.05. The summed E-state index contributed by atoms with van der Waals surface area (Å²) in [5.41, 5.74) is 2.86. The van der Waals surface area contributed by atoms with Crippen molar-refractivity contribution in [3.05, 3.63) is 17.7 Å². The molecule has 0 aromatic heterocycles. The van der Waals surface area contributed by atoms with Crippen LogP contribution in [0.3, 0.4) is 0 Å². The highest BCUT2D eigenvalue weighted by atomic mass is 16.7. The summed E-state index contributed by atoms with van der Waals surface area (Å²) in [6.07, 6.45) is 1.17. The summed E-state index contributed by atoms with van der Waals surface area (Å²) in [7, 11) is 1.52. The van der Waals surface area contributed by atoms with Crippen LogP contribution in [0.1, 0.15) is 12.0 Å². The Kier molecular flexibility index (Phi) is 3.83. The lowest BCUT2D eigenvalue weighted by molar-refractivity contribution is -0.120. The van der Waals surface area contributed by atoms with Gasteiger partial charge in [-0.15, -0.1) is 0 Å². The molecule has 1 heterocycles. The predicted molar refractivity (Wildman–Crippen MR) is 65.1 cm³/mol. The van der Waals surface area contributed by atoms with Gasteiger partial charge in [-0.1, -0.05) is 0 Å². The van der Waals surface area contributed by atoms with Gasteiger partial charge in [-0.05, 0) is 6.07 Å². The molecule has 0 bridgehead atoms. The first kappa shape index (κ1) is 12.7.